The van der Waals surface area contributed by atoms with Crippen molar-refractivity contribution in [2.75, 3.05) is 0 Å². The number of unbranched alkanes of at least 4 members (excludes halogenated alkanes) is 2. The van der Waals surface area contributed by atoms with Crippen LogP contribution in [0, 0.1) is 6.92 Å². The van der Waals surface area contributed by atoms with Gasteiger partial charge in [-0.05, 0) is 59.7 Å². The highest BCUT2D eigenvalue weighted by Crippen LogP contribution is 2.33. The second-order valence-corrected chi connectivity index (χ2v) is 9.51. The van der Waals surface area contributed by atoms with Gasteiger partial charge >= 0.3 is 0 Å². The van der Waals surface area contributed by atoms with Crippen molar-refractivity contribution >= 4 is 33.4 Å². The Morgan fingerprint density at radius 2 is 1.81 bits per heavy atom. The monoisotopic (exact) mass is 482 g/mol. The minimum atomic E-state index is -1.27. The van der Waals surface area contributed by atoms with Crippen molar-refractivity contribution in [2.45, 2.75) is 61.3 Å². The third-order valence-electron chi connectivity index (χ3n) is 4.59. The molecule has 2 atom stereocenters. The summed E-state index contributed by atoms with van der Waals surface area (Å²) in [6, 6.07) is 15.5. The molecule has 0 spiro atoms. The van der Waals surface area contributed by atoms with Gasteiger partial charge in [-0.3, -0.25) is 0 Å². The highest BCUT2D eigenvalue weighted by Gasteiger charge is 2.30. The van der Waals surface area contributed by atoms with Gasteiger partial charge in [-0.15, -0.1) is 0 Å². The van der Waals surface area contributed by atoms with Crippen LogP contribution in [0.15, 0.2) is 68.5 Å². The average molecular weight is 482 g/mol. The van der Waals surface area contributed by atoms with Crippen molar-refractivity contribution in [3.63, 3.8) is 0 Å². The van der Waals surface area contributed by atoms with E-state index in [-0.39, 0.29) is 0 Å². The van der Waals surface area contributed by atoms with Gasteiger partial charge in [-0.2, -0.15) is 0 Å². The maximum Gasteiger partial charge on any atom is 0.0987 e. The fourth-order valence-electron chi connectivity index (χ4n) is 2.92. The number of aliphatic hydroxyl groups is 1. The zero-order valence-corrected chi connectivity index (χ0v) is 18.5. The Morgan fingerprint density at radius 1 is 1.15 bits per heavy atom. The van der Waals surface area contributed by atoms with Gasteiger partial charge in [-0.25, -0.2) is 4.21 Å². The lowest BCUT2D eigenvalue weighted by Gasteiger charge is -2.28. The molecule has 0 aromatic heterocycles. The van der Waals surface area contributed by atoms with Crippen LogP contribution < -0.4 is 0 Å². The number of hydrogen-bond donors (Lipinski definition) is 1. The summed E-state index contributed by atoms with van der Waals surface area (Å²) >= 11 is 2.12. The molecule has 140 valence electrons. The lowest BCUT2D eigenvalue weighted by atomic mass is 9.89. The van der Waals surface area contributed by atoms with Gasteiger partial charge in [0.05, 0.1) is 16.4 Å². The number of halogens is 1. The second-order valence-electron chi connectivity index (χ2n) is 6.76. The lowest BCUT2D eigenvalue weighted by molar-refractivity contribution is 0.0767. The molecular weight excluding hydrogens is 455 g/mol. The van der Waals surface area contributed by atoms with E-state index in [2.05, 4.69) is 36.1 Å². The minimum absolute atomic E-state index is 0.437. The molecule has 2 aromatic carbocycles. The van der Waals surface area contributed by atoms with Crippen molar-refractivity contribution in [2.24, 2.45) is 0 Å². The third-order valence-corrected chi connectivity index (χ3v) is 7.09. The summed E-state index contributed by atoms with van der Waals surface area (Å²) < 4.78 is 13.8. The van der Waals surface area contributed by atoms with E-state index in [1.54, 1.807) is 0 Å². The van der Waals surface area contributed by atoms with Crippen LogP contribution >= 0.6 is 22.6 Å². The minimum Gasteiger partial charge on any atom is -0.384 e. The topological polar surface area (TPSA) is 37.3 Å². The Balaban J connectivity index is 2.31. The van der Waals surface area contributed by atoms with Crippen LogP contribution in [0.3, 0.4) is 0 Å². The molecule has 2 nitrogen and oxygen atoms in total. The van der Waals surface area contributed by atoms with Crippen molar-refractivity contribution < 1.29 is 9.32 Å². The summed E-state index contributed by atoms with van der Waals surface area (Å²) in [4.78, 5) is 1.55. The van der Waals surface area contributed by atoms with Crippen molar-refractivity contribution in [1.82, 2.24) is 0 Å². The zero-order chi connectivity index (χ0) is 19.2. The molecule has 0 aliphatic rings. The van der Waals surface area contributed by atoms with Gasteiger partial charge < -0.3 is 5.11 Å². The van der Waals surface area contributed by atoms with E-state index in [1.165, 1.54) is 0 Å². The van der Waals surface area contributed by atoms with Crippen molar-refractivity contribution in [3.05, 3.63) is 69.8 Å². The molecule has 0 aliphatic heterocycles. The van der Waals surface area contributed by atoms with Gasteiger partial charge in [0.15, 0.2) is 0 Å². The molecule has 0 radical (unpaired) electrons. The van der Waals surface area contributed by atoms with Crippen molar-refractivity contribution in [3.8, 4) is 0 Å². The van der Waals surface area contributed by atoms with E-state index >= 15 is 0 Å². The Morgan fingerprint density at radius 3 is 2.42 bits per heavy atom. The molecule has 26 heavy (non-hydrogen) atoms. The van der Waals surface area contributed by atoms with Gasteiger partial charge in [0.25, 0.3) is 0 Å². The van der Waals surface area contributed by atoms with E-state index in [0.717, 1.165) is 43.8 Å². The first-order valence-corrected chi connectivity index (χ1v) is 11.2. The van der Waals surface area contributed by atoms with Crippen LogP contribution in [-0.2, 0) is 17.2 Å². The number of benzene rings is 2. The highest BCUT2D eigenvalue weighted by molar-refractivity contribution is 14.1. The van der Waals surface area contributed by atoms with Gasteiger partial charge in [-0.1, -0.05) is 68.7 Å². The molecule has 2 rings (SSSR count). The average Bonchev–Trinajstić information content (AvgIpc) is 2.62. The summed E-state index contributed by atoms with van der Waals surface area (Å²) in [6.45, 7) is 8.17. The predicted octanol–water partition coefficient (Wildman–Crippen LogP) is 5.96. The smallest absolute Gasteiger partial charge is 0.0987 e. The molecule has 0 fully saturated rings. The zero-order valence-electron chi connectivity index (χ0n) is 15.5. The van der Waals surface area contributed by atoms with Crippen LogP contribution in [-0.4, -0.2) is 14.9 Å². The first-order valence-electron chi connectivity index (χ1n) is 9.01. The Labute approximate surface area is 173 Å². The summed E-state index contributed by atoms with van der Waals surface area (Å²) in [5.74, 6) is 0. The first-order chi connectivity index (χ1) is 12.4. The second kappa shape index (κ2) is 9.81. The van der Waals surface area contributed by atoms with E-state index in [9.17, 15) is 9.32 Å². The number of hydrogen-bond acceptors (Lipinski definition) is 2. The van der Waals surface area contributed by atoms with Gasteiger partial charge in [0, 0.05) is 19.8 Å². The molecule has 0 saturated heterocycles. The number of aryl methyl sites for hydroxylation is 1. The Kier molecular flexibility index (Phi) is 8.05. The van der Waals surface area contributed by atoms with E-state index in [1.807, 2.05) is 55.5 Å². The van der Waals surface area contributed by atoms with E-state index in [0.29, 0.717) is 12.8 Å². The quantitative estimate of drug-likeness (QED) is 0.354. The molecule has 1 unspecified atom stereocenters. The summed E-state index contributed by atoms with van der Waals surface area (Å²) in [5, 5.41) is 11.2. The molecule has 2 aromatic rings. The molecule has 4 heteroatoms. The largest absolute Gasteiger partial charge is 0.384 e. The van der Waals surface area contributed by atoms with Gasteiger partial charge in [0.2, 0.25) is 0 Å². The number of rotatable bonds is 9. The molecule has 0 heterocycles. The fourth-order valence-corrected chi connectivity index (χ4v) is 4.60. The Hall–Kier alpha value is -0.980. The van der Waals surface area contributed by atoms with Gasteiger partial charge in [0.1, 0.15) is 0 Å². The van der Waals surface area contributed by atoms with Crippen molar-refractivity contribution in [1.29, 1.82) is 0 Å². The summed E-state index contributed by atoms with van der Waals surface area (Å²) in [6.07, 6.45) is 4.26. The SMILES string of the molecule is C=C(I)[C@@](O)(CCCCC)Cc1ccccc1S(=O)c1ccc(C)cc1. The molecule has 0 aliphatic carbocycles. The van der Waals surface area contributed by atoms with Crippen LogP contribution in [0.25, 0.3) is 0 Å². The maximum absolute atomic E-state index is 13.1. The predicted molar refractivity (Wildman–Crippen MR) is 118 cm³/mol. The lowest BCUT2D eigenvalue weighted by Crippen LogP contribution is -2.32. The maximum atomic E-state index is 13.1. The van der Waals surface area contributed by atoms with Crippen LogP contribution in [0.2, 0.25) is 0 Å². The third kappa shape index (κ3) is 5.51. The standard InChI is InChI=1S/C22H27IO2S/c1-4-5-8-15-22(24,18(3)23)16-19-9-6-7-10-21(19)26(25)20-13-11-17(2)12-14-20/h6-7,9-14,24H,3-5,8,15-16H2,1-2H3/t22-,26?/m1/s1. The fraction of sp³-hybridized carbons (Fsp3) is 0.364. The molecule has 0 bridgehead atoms. The molecule has 0 saturated carbocycles. The first kappa shape index (κ1) is 21.3. The van der Waals surface area contributed by atoms with E-state index in [4.69, 9.17) is 0 Å². The molecule has 1 N–H and O–H groups in total. The van der Waals surface area contributed by atoms with E-state index < -0.39 is 16.4 Å². The van der Waals surface area contributed by atoms with Crippen LogP contribution in [0.5, 0.6) is 0 Å². The summed E-state index contributed by atoms with van der Waals surface area (Å²) in [7, 11) is -1.27. The van der Waals surface area contributed by atoms with Crippen LogP contribution in [0.1, 0.15) is 43.7 Å². The highest BCUT2D eigenvalue weighted by atomic mass is 127. The molecular formula is C22H27IO2S. The summed E-state index contributed by atoms with van der Waals surface area (Å²) in [5.41, 5.74) is 1.09. The molecule has 0 amide bonds. The Bertz CT molecular complexity index is 770. The van der Waals surface area contributed by atoms with Crippen LogP contribution in [0.4, 0.5) is 0 Å². The normalized spacial score (nSPS) is 14.6.